The highest BCUT2D eigenvalue weighted by Crippen LogP contribution is 2.52. The molecule has 30 rings (SSSR count). The van der Waals surface area contributed by atoms with Crippen LogP contribution < -0.4 is 0 Å². The van der Waals surface area contributed by atoms with Crippen LogP contribution in [0, 0.1) is 0 Å². The van der Waals surface area contributed by atoms with Gasteiger partial charge in [0.05, 0.1) is 0 Å². The summed E-state index contributed by atoms with van der Waals surface area (Å²) in [5, 5.41) is 41.0. The third-order valence-electron chi connectivity index (χ3n) is 28.4. The van der Waals surface area contributed by atoms with E-state index in [2.05, 4.69) is 425 Å². The van der Waals surface area contributed by atoms with Crippen LogP contribution in [0.5, 0.6) is 0 Å². The van der Waals surface area contributed by atoms with E-state index in [0.29, 0.717) is 0 Å². The second-order valence-corrected chi connectivity index (χ2v) is 34.8. The zero-order valence-corrected chi connectivity index (χ0v) is 89.0. The van der Waals surface area contributed by atoms with E-state index in [9.17, 15) is 0 Å². The smallest absolute Gasteiger partial charge is 0.000706 e. The fourth-order valence-corrected chi connectivity index (χ4v) is 23.0. The number of benzene rings is 25. The molecule has 0 spiro atoms. The van der Waals surface area contributed by atoms with Gasteiger partial charge in [-0.1, -0.05) is 539 Å². The summed E-state index contributed by atoms with van der Waals surface area (Å²) in [7, 11) is 0. The lowest BCUT2D eigenvalue weighted by Gasteiger charge is -2.14. The van der Waals surface area contributed by atoms with Gasteiger partial charge in [-0.15, -0.1) is 0 Å². The molecule has 0 unspecified atom stereocenters. The second kappa shape index (κ2) is 47.5. The van der Waals surface area contributed by atoms with Crippen LogP contribution in [0.15, 0.2) is 425 Å². The second-order valence-electron chi connectivity index (χ2n) is 34.8. The molecule has 25 aromatic rings. The Morgan fingerprint density at radius 2 is 0.276 bits per heavy atom. The molecule has 720 valence electrons. The van der Waals surface area contributed by atoms with Crippen molar-refractivity contribution in [3.8, 4) is 55.6 Å². The maximum Gasteiger partial charge on any atom is -0.000706 e. The normalized spacial score (nSPS) is 11.3. The third kappa shape index (κ3) is 18.6. The van der Waals surface area contributed by atoms with Crippen molar-refractivity contribution >= 4 is 162 Å². The van der Waals surface area contributed by atoms with Gasteiger partial charge in [0.1, 0.15) is 0 Å². The Bertz CT molecular complexity index is 8240. The average molecular weight is 1880 g/mol. The molecule has 25 aromatic carbocycles. The van der Waals surface area contributed by atoms with Gasteiger partial charge in [-0.25, -0.2) is 0 Å². The van der Waals surface area contributed by atoms with Crippen LogP contribution in [0.1, 0.15) is 194 Å². The van der Waals surface area contributed by atoms with Gasteiger partial charge in [0.15, 0.2) is 0 Å². The van der Waals surface area contributed by atoms with Gasteiger partial charge in [0, 0.05) is 0 Å². The minimum atomic E-state index is 1.03. The number of fused-ring (bicyclic) bond motifs is 48. The molecule has 0 amide bonds. The first-order valence-corrected chi connectivity index (χ1v) is 54.2. The zero-order chi connectivity index (χ0) is 102. The fourth-order valence-electron chi connectivity index (χ4n) is 23.0. The van der Waals surface area contributed by atoms with Crippen molar-refractivity contribution in [2.45, 2.75) is 171 Å². The van der Waals surface area contributed by atoms with Crippen LogP contribution in [-0.2, 0) is 32.1 Å². The van der Waals surface area contributed by atoms with Crippen molar-refractivity contribution in [2.75, 3.05) is 0 Å². The molecule has 0 bridgehead atoms. The molecule has 5 aliphatic carbocycles. The minimum absolute atomic E-state index is 1.03. The van der Waals surface area contributed by atoms with E-state index < -0.39 is 0 Å². The van der Waals surface area contributed by atoms with E-state index >= 15 is 0 Å². The van der Waals surface area contributed by atoms with Crippen LogP contribution in [0.2, 0.25) is 0 Å². The van der Waals surface area contributed by atoms with Crippen molar-refractivity contribution in [3.05, 3.63) is 480 Å². The maximum absolute atomic E-state index is 2.43. The van der Waals surface area contributed by atoms with E-state index in [1.165, 1.54) is 273 Å². The molecule has 145 heavy (non-hydrogen) atoms. The topological polar surface area (TPSA) is 0 Å². The Morgan fingerprint density at radius 3 is 0.552 bits per heavy atom. The standard InChI is InChI=1S/5C25H16.10C2H6/c2*1-2-8-18-16(7-1)13-17-14-24-21-11-5-3-9-19(21)20-10-4-6-12-22(20)25(24)15-23(17)18;1-2-8-18-16(7-1)15-17-13-14-23-21-11-4-3-9-19(21)20-10-5-6-12-22(20)25(23)24(17)18;2*1-2-8-17-16(7-1)15-24-21(17)13-14-23-20-11-4-3-9-18(20)19-10-5-6-12-22(19)25(23)24;10*1-2/h2*1-12,14-15H,13H2;3*1-14H,15H2;10*1-2H3. The van der Waals surface area contributed by atoms with Crippen LogP contribution in [0.25, 0.3) is 217 Å². The molecule has 0 radical (unpaired) electrons. The van der Waals surface area contributed by atoms with Crippen molar-refractivity contribution in [1.82, 2.24) is 0 Å². The summed E-state index contributed by atoms with van der Waals surface area (Å²) in [6.07, 6.45) is 5.20. The predicted octanol–water partition coefficient (Wildman–Crippen LogP) is 43.8. The monoisotopic (exact) mass is 1880 g/mol. The van der Waals surface area contributed by atoms with Gasteiger partial charge in [-0.05, 0) is 329 Å². The molecule has 0 heterocycles. The van der Waals surface area contributed by atoms with Crippen molar-refractivity contribution in [1.29, 1.82) is 0 Å². The highest BCUT2D eigenvalue weighted by atomic mass is 14.3. The summed E-state index contributed by atoms with van der Waals surface area (Å²) in [5.41, 5.74) is 28.6. The summed E-state index contributed by atoms with van der Waals surface area (Å²) in [6, 6.07) is 156. The van der Waals surface area contributed by atoms with Gasteiger partial charge in [-0.2, -0.15) is 0 Å². The Balaban J connectivity index is 0.000000124. The Morgan fingerprint density at radius 1 is 0.103 bits per heavy atom. The molecular weight excluding hydrogens is 1740 g/mol. The highest BCUT2D eigenvalue weighted by Gasteiger charge is 2.29. The molecule has 0 saturated heterocycles. The van der Waals surface area contributed by atoms with E-state index in [1.54, 1.807) is 0 Å². The molecule has 0 nitrogen and oxygen atoms in total. The molecule has 0 fully saturated rings. The van der Waals surface area contributed by atoms with Crippen LogP contribution in [0.3, 0.4) is 0 Å². The van der Waals surface area contributed by atoms with Crippen LogP contribution >= 0.6 is 0 Å². The quantitative estimate of drug-likeness (QED) is 0.133. The van der Waals surface area contributed by atoms with Gasteiger partial charge >= 0.3 is 0 Å². The van der Waals surface area contributed by atoms with E-state index in [1.807, 2.05) is 138 Å². The molecule has 0 aliphatic heterocycles. The molecule has 0 atom stereocenters. The van der Waals surface area contributed by atoms with Gasteiger partial charge in [-0.3, -0.25) is 0 Å². The molecule has 0 saturated carbocycles. The van der Waals surface area contributed by atoms with Crippen molar-refractivity contribution in [3.63, 3.8) is 0 Å². The third-order valence-corrected chi connectivity index (χ3v) is 28.4. The lowest BCUT2D eigenvalue weighted by molar-refractivity contribution is 1.27. The number of hydrogen-bond donors (Lipinski definition) is 0. The van der Waals surface area contributed by atoms with Crippen molar-refractivity contribution in [2.24, 2.45) is 0 Å². The highest BCUT2D eigenvalue weighted by molar-refractivity contribution is 6.33. The SMILES string of the molecule is CC.CC.CC.CC.CC.CC.CC.CC.CC.CC.c1ccc2c(c1)Cc1c-2ccc2c3ccccc3c3ccccc3c12.c1ccc2c(c1)Cc1c-2ccc2c3ccccc3c3ccccc3c12.c1ccc2c(c1)Cc1cc3c4ccccc4c4ccccc4c3cc1-2.c1ccc2c(c1)Cc1cc3c4ccccc4c4ccccc4c3cc1-2.c1ccc2c(c1)Cc1ccc3c4ccccc4c4ccccc4c3c1-2. The van der Waals surface area contributed by atoms with E-state index in [4.69, 9.17) is 0 Å². The summed E-state index contributed by atoms with van der Waals surface area (Å²) in [4.78, 5) is 0. The minimum Gasteiger partial charge on any atom is -0.0683 e. The van der Waals surface area contributed by atoms with Gasteiger partial charge in [0.2, 0.25) is 0 Å². The summed E-state index contributed by atoms with van der Waals surface area (Å²) in [6.45, 7) is 40.0. The van der Waals surface area contributed by atoms with Crippen LogP contribution in [0.4, 0.5) is 0 Å². The number of rotatable bonds is 0. The Kier molecular flexibility index (Phi) is 33.5. The van der Waals surface area contributed by atoms with Gasteiger partial charge < -0.3 is 0 Å². The van der Waals surface area contributed by atoms with E-state index in [-0.39, 0.29) is 0 Å². The van der Waals surface area contributed by atoms with Crippen molar-refractivity contribution < 1.29 is 0 Å². The number of hydrogen-bond acceptors (Lipinski definition) is 0. The first-order valence-electron chi connectivity index (χ1n) is 54.2. The fraction of sp³-hybridized carbons (Fsp3) is 0.172. The summed E-state index contributed by atoms with van der Waals surface area (Å²) >= 11 is 0. The summed E-state index contributed by atoms with van der Waals surface area (Å²) in [5.74, 6) is 0. The molecule has 0 heteroatoms. The molecule has 0 aromatic heterocycles. The van der Waals surface area contributed by atoms with Crippen LogP contribution in [-0.4, -0.2) is 0 Å². The van der Waals surface area contributed by atoms with E-state index in [0.717, 1.165) is 32.1 Å². The van der Waals surface area contributed by atoms with Gasteiger partial charge in [0.25, 0.3) is 0 Å². The predicted molar refractivity (Wildman–Crippen MR) is 649 cm³/mol. The molecule has 5 aliphatic rings. The zero-order valence-electron chi connectivity index (χ0n) is 89.0. The molecule has 0 N–H and O–H groups in total. The lowest BCUT2D eigenvalue weighted by Crippen LogP contribution is -1.89. The maximum atomic E-state index is 2.43. The first-order chi connectivity index (χ1) is 72.0. The lowest BCUT2D eigenvalue weighted by atomic mass is 9.89. The largest absolute Gasteiger partial charge is 0.0683 e. The first kappa shape index (κ1) is 102. The summed E-state index contributed by atoms with van der Waals surface area (Å²) < 4.78 is 0. The molecular formula is C145H140. The Hall–Kier alpha value is -15.6. The Labute approximate surface area is 861 Å². The average Bonchev–Trinajstić information content (AvgIpc) is 1.67.